The molecule has 5 nitrogen and oxygen atoms in total. The molecule has 1 aliphatic rings. The van der Waals surface area contributed by atoms with E-state index < -0.39 is 24.6 Å². The van der Waals surface area contributed by atoms with Gasteiger partial charge in [0, 0.05) is 31.5 Å². The quantitative estimate of drug-likeness (QED) is 0.864. The van der Waals surface area contributed by atoms with Crippen molar-refractivity contribution in [1.29, 1.82) is 0 Å². The molecule has 0 spiro atoms. The molecule has 1 fully saturated rings. The van der Waals surface area contributed by atoms with Crippen LogP contribution in [0.4, 0.5) is 13.6 Å². The first-order valence-electron chi connectivity index (χ1n) is 6.77. The number of amides is 2. The number of nitrogens with zero attached hydrogens (tertiary/aromatic N) is 2. The standard InChI is InChI=1S/C15H17F2N3O2/c1-3-4-11-7-18-6-5-12(11)8-20(2)14(21)19-13-9-22-10-15(13,16)17/h5-7,13H,8-10H2,1-2H3,(H,19,21). The Morgan fingerprint density at radius 2 is 2.41 bits per heavy atom. The van der Waals surface area contributed by atoms with Gasteiger partial charge in [0.2, 0.25) is 0 Å². The van der Waals surface area contributed by atoms with Gasteiger partial charge in [0.05, 0.1) is 6.61 Å². The van der Waals surface area contributed by atoms with Crippen molar-refractivity contribution in [3.05, 3.63) is 29.6 Å². The van der Waals surface area contributed by atoms with Crippen molar-refractivity contribution in [2.75, 3.05) is 20.3 Å². The summed E-state index contributed by atoms with van der Waals surface area (Å²) in [5.41, 5.74) is 1.51. The Morgan fingerprint density at radius 1 is 1.64 bits per heavy atom. The Labute approximate surface area is 127 Å². The fourth-order valence-corrected chi connectivity index (χ4v) is 2.08. The molecular weight excluding hydrogens is 292 g/mol. The van der Waals surface area contributed by atoms with E-state index in [9.17, 15) is 13.6 Å². The molecule has 0 bridgehead atoms. The zero-order valence-electron chi connectivity index (χ0n) is 12.4. The lowest BCUT2D eigenvalue weighted by Crippen LogP contribution is -2.50. The number of aromatic nitrogens is 1. The van der Waals surface area contributed by atoms with Crippen molar-refractivity contribution in [3.8, 4) is 11.8 Å². The Hall–Kier alpha value is -2.20. The summed E-state index contributed by atoms with van der Waals surface area (Å²) in [6, 6.07) is -0.131. The van der Waals surface area contributed by atoms with Crippen LogP contribution in [0.15, 0.2) is 18.5 Å². The number of hydrogen-bond acceptors (Lipinski definition) is 3. The number of carbonyl (C=O) groups is 1. The molecule has 1 unspecified atom stereocenters. The van der Waals surface area contributed by atoms with Crippen molar-refractivity contribution in [3.63, 3.8) is 0 Å². The van der Waals surface area contributed by atoms with Gasteiger partial charge in [0.1, 0.15) is 12.6 Å². The van der Waals surface area contributed by atoms with Crippen LogP contribution in [0.5, 0.6) is 0 Å². The summed E-state index contributed by atoms with van der Waals surface area (Å²) in [5, 5.41) is 2.30. The maximum absolute atomic E-state index is 13.4. The van der Waals surface area contributed by atoms with E-state index in [4.69, 9.17) is 4.74 Å². The predicted molar refractivity (Wildman–Crippen MR) is 76.3 cm³/mol. The average molecular weight is 309 g/mol. The number of halogens is 2. The van der Waals surface area contributed by atoms with Crippen molar-refractivity contribution in [2.24, 2.45) is 0 Å². The molecule has 1 aromatic rings. The van der Waals surface area contributed by atoms with Crippen molar-refractivity contribution in [2.45, 2.75) is 25.4 Å². The van der Waals surface area contributed by atoms with Gasteiger partial charge in [-0.2, -0.15) is 0 Å². The number of pyridine rings is 1. The third-order valence-corrected chi connectivity index (χ3v) is 3.31. The number of nitrogens with one attached hydrogen (secondary N) is 1. The first-order chi connectivity index (χ1) is 10.4. The van der Waals surface area contributed by atoms with Crippen LogP contribution >= 0.6 is 0 Å². The minimum absolute atomic E-state index is 0.186. The Bertz CT molecular complexity index is 610. The molecule has 2 heterocycles. The van der Waals surface area contributed by atoms with Crippen molar-refractivity contribution < 1.29 is 18.3 Å². The van der Waals surface area contributed by atoms with Gasteiger partial charge in [-0.3, -0.25) is 4.98 Å². The van der Waals surface area contributed by atoms with Crippen LogP contribution in [0, 0.1) is 11.8 Å². The normalized spacial score (nSPS) is 19.2. The summed E-state index contributed by atoms with van der Waals surface area (Å²) >= 11 is 0. The maximum atomic E-state index is 13.4. The molecule has 118 valence electrons. The van der Waals surface area contributed by atoms with E-state index >= 15 is 0 Å². The molecule has 1 N–H and O–H groups in total. The summed E-state index contributed by atoms with van der Waals surface area (Å²) in [7, 11) is 1.53. The molecular formula is C15H17F2N3O2. The van der Waals surface area contributed by atoms with Crippen LogP contribution in [0.1, 0.15) is 18.1 Å². The van der Waals surface area contributed by atoms with Crippen LogP contribution in [0.25, 0.3) is 0 Å². The van der Waals surface area contributed by atoms with Crippen LogP contribution in [0.2, 0.25) is 0 Å². The summed E-state index contributed by atoms with van der Waals surface area (Å²) < 4.78 is 31.6. The Morgan fingerprint density at radius 3 is 3.05 bits per heavy atom. The third-order valence-electron chi connectivity index (χ3n) is 3.31. The number of urea groups is 1. The van der Waals surface area contributed by atoms with Gasteiger partial charge >= 0.3 is 6.03 Å². The molecule has 1 aromatic heterocycles. The van der Waals surface area contributed by atoms with E-state index in [1.165, 1.54) is 11.9 Å². The number of carbonyl (C=O) groups excluding carboxylic acids is 1. The van der Waals surface area contributed by atoms with Gasteiger partial charge in [0.15, 0.2) is 0 Å². The minimum Gasteiger partial charge on any atom is -0.373 e. The highest BCUT2D eigenvalue weighted by Gasteiger charge is 2.46. The lowest BCUT2D eigenvalue weighted by molar-refractivity contribution is -0.0222. The van der Waals surface area contributed by atoms with Gasteiger partial charge in [-0.05, 0) is 18.6 Å². The van der Waals surface area contributed by atoms with Crippen LogP contribution in [-0.4, -0.2) is 48.1 Å². The zero-order chi connectivity index (χ0) is 16.2. The smallest absolute Gasteiger partial charge is 0.317 e. The SMILES string of the molecule is CC#Cc1cnccc1CN(C)C(=O)NC1COCC1(F)F. The molecule has 0 aliphatic carbocycles. The van der Waals surface area contributed by atoms with E-state index in [1.807, 2.05) is 0 Å². The molecule has 1 aliphatic heterocycles. The second-order valence-electron chi connectivity index (χ2n) is 5.04. The molecule has 2 rings (SSSR count). The highest BCUT2D eigenvalue weighted by atomic mass is 19.3. The van der Waals surface area contributed by atoms with Crippen molar-refractivity contribution >= 4 is 6.03 Å². The molecule has 2 amide bonds. The number of alkyl halides is 2. The summed E-state index contributed by atoms with van der Waals surface area (Å²) in [5.74, 6) is 2.63. The van der Waals surface area contributed by atoms with Gasteiger partial charge in [-0.15, -0.1) is 5.92 Å². The molecule has 1 saturated heterocycles. The van der Waals surface area contributed by atoms with E-state index in [1.54, 1.807) is 25.4 Å². The number of ether oxygens (including phenoxy) is 1. The van der Waals surface area contributed by atoms with Gasteiger partial charge in [-0.1, -0.05) is 5.92 Å². The second-order valence-corrected chi connectivity index (χ2v) is 5.04. The fourth-order valence-electron chi connectivity index (χ4n) is 2.08. The molecule has 0 aromatic carbocycles. The Balaban J connectivity index is 2.01. The zero-order valence-corrected chi connectivity index (χ0v) is 12.4. The summed E-state index contributed by atoms with van der Waals surface area (Å²) in [4.78, 5) is 17.3. The third kappa shape index (κ3) is 3.71. The molecule has 1 atom stereocenters. The predicted octanol–water partition coefficient (Wildman–Crippen LogP) is 1.63. The fraction of sp³-hybridized carbons (Fsp3) is 0.467. The lowest BCUT2D eigenvalue weighted by atomic mass is 10.1. The second kappa shape index (κ2) is 6.71. The lowest BCUT2D eigenvalue weighted by Gasteiger charge is -2.23. The molecule has 22 heavy (non-hydrogen) atoms. The molecule has 7 heteroatoms. The van der Waals surface area contributed by atoms with Gasteiger partial charge in [0.25, 0.3) is 5.92 Å². The highest BCUT2D eigenvalue weighted by Crippen LogP contribution is 2.25. The van der Waals surface area contributed by atoms with Gasteiger partial charge < -0.3 is 15.0 Å². The molecule has 0 radical (unpaired) electrons. The average Bonchev–Trinajstić information content (AvgIpc) is 2.80. The number of rotatable bonds is 3. The first-order valence-corrected chi connectivity index (χ1v) is 6.77. The monoisotopic (exact) mass is 309 g/mol. The topological polar surface area (TPSA) is 54.5 Å². The summed E-state index contributed by atoms with van der Waals surface area (Å²) in [6.45, 7) is 1.10. The first kappa shape index (κ1) is 16.2. The number of hydrogen-bond donors (Lipinski definition) is 1. The summed E-state index contributed by atoms with van der Waals surface area (Å²) in [6.07, 6.45) is 3.21. The van der Waals surface area contributed by atoms with E-state index in [2.05, 4.69) is 22.1 Å². The molecule has 0 saturated carbocycles. The van der Waals surface area contributed by atoms with E-state index in [0.717, 1.165) is 5.56 Å². The minimum atomic E-state index is -3.04. The highest BCUT2D eigenvalue weighted by molar-refractivity contribution is 5.74. The largest absolute Gasteiger partial charge is 0.373 e. The van der Waals surface area contributed by atoms with Crippen molar-refractivity contribution in [1.82, 2.24) is 15.2 Å². The van der Waals surface area contributed by atoms with Crippen LogP contribution < -0.4 is 5.32 Å². The van der Waals surface area contributed by atoms with E-state index in [-0.39, 0.29) is 13.2 Å². The van der Waals surface area contributed by atoms with Crippen LogP contribution in [0.3, 0.4) is 0 Å². The van der Waals surface area contributed by atoms with Crippen LogP contribution in [-0.2, 0) is 11.3 Å². The van der Waals surface area contributed by atoms with Gasteiger partial charge in [-0.25, -0.2) is 13.6 Å². The van der Waals surface area contributed by atoms with E-state index in [0.29, 0.717) is 5.56 Å². The maximum Gasteiger partial charge on any atom is 0.317 e. The Kier molecular flexibility index (Phi) is 4.93.